The minimum atomic E-state index is -1.10. The first-order valence-electron chi connectivity index (χ1n) is 8.25. The number of hydrogen-bond donors (Lipinski definition) is 0. The van der Waals surface area contributed by atoms with Crippen LogP contribution in [0.4, 0.5) is 5.82 Å². The molecule has 4 rings (SSSR count). The lowest BCUT2D eigenvalue weighted by Gasteiger charge is -2.30. The van der Waals surface area contributed by atoms with Gasteiger partial charge in [0.25, 0.3) is 0 Å². The Kier molecular flexibility index (Phi) is 4.27. The lowest BCUT2D eigenvalue weighted by atomic mass is 10.0. The number of carbonyl (C=O) groups excluding carboxylic acids is 1. The minimum Gasteiger partial charge on any atom is -0.468 e. The fourth-order valence-corrected chi connectivity index (χ4v) is 4.09. The van der Waals surface area contributed by atoms with Gasteiger partial charge in [0, 0.05) is 18.0 Å². The van der Waals surface area contributed by atoms with E-state index in [1.807, 2.05) is 30.3 Å². The number of ether oxygens (including phenoxy) is 1. The van der Waals surface area contributed by atoms with Gasteiger partial charge in [0.2, 0.25) is 0 Å². The molecule has 1 unspecified atom stereocenters. The van der Waals surface area contributed by atoms with Gasteiger partial charge in [0.15, 0.2) is 11.7 Å². The molecule has 0 aliphatic carbocycles. The molecule has 0 amide bonds. The third kappa shape index (κ3) is 2.78. The Morgan fingerprint density at radius 2 is 2.08 bits per heavy atom. The number of benzene rings is 1. The second kappa shape index (κ2) is 6.73. The molecule has 3 aromatic rings. The topological polar surface area (TPSA) is 79.1 Å². The van der Waals surface area contributed by atoms with Crippen LogP contribution in [-0.2, 0) is 22.5 Å². The van der Waals surface area contributed by atoms with Crippen LogP contribution in [0.2, 0.25) is 0 Å². The summed E-state index contributed by atoms with van der Waals surface area (Å²) in [4.78, 5) is 25.0. The number of carbonyl (C=O) groups is 1. The summed E-state index contributed by atoms with van der Waals surface area (Å²) in [6, 6.07) is 11.6. The summed E-state index contributed by atoms with van der Waals surface area (Å²) < 4.78 is 4.81. The number of aromatic nitrogens is 2. The molecule has 1 aliphatic rings. The van der Waals surface area contributed by atoms with E-state index in [1.54, 1.807) is 11.3 Å². The van der Waals surface area contributed by atoms with Crippen molar-refractivity contribution in [1.29, 1.82) is 5.26 Å². The summed E-state index contributed by atoms with van der Waals surface area (Å²) in [5, 5.41) is 11.7. The van der Waals surface area contributed by atoms with Crippen molar-refractivity contribution in [2.24, 2.45) is 0 Å². The number of rotatable bonds is 3. The van der Waals surface area contributed by atoms with E-state index < -0.39 is 11.9 Å². The van der Waals surface area contributed by atoms with Gasteiger partial charge in [0.1, 0.15) is 5.69 Å². The van der Waals surface area contributed by atoms with Gasteiger partial charge >= 0.3 is 5.97 Å². The molecule has 3 heterocycles. The molecule has 26 heavy (non-hydrogen) atoms. The second-order valence-electron chi connectivity index (χ2n) is 6.05. The van der Waals surface area contributed by atoms with E-state index in [-0.39, 0.29) is 0 Å². The molecule has 1 atom stereocenters. The van der Waals surface area contributed by atoms with E-state index in [0.717, 1.165) is 18.5 Å². The number of thiophene rings is 1. The number of esters is 1. The highest BCUT2D eigenvalue weighted by molar-refractivity contribution is 7.10. The zero-order valence-electron chi connectivity index (χ0n) is 14.2. The molecule has 130 valence electrons. The number of para-hydroxylation sites is 2. The smallest absolute Gasteiger partial charge is 0.329 e. The second-order valence-corrected chi connectivity index (χ2v) is 7.05. The summed E-state index contributed by atoms with van der Waals surface area (Å²) in [7, 11) is 1.28. The average molecular weight is 364 g/mol. The number of fused-ring (bicyclic) bond motifs is 2. The Bertz CT molecular complexity index is 1020. The van der Waals surface area contributed by atoms with E-state index in [0.29, 0.717) is 23.6 Å². The van der Waals surface area contributed by atoms with Gasteiger partial charge < -0.3 is 9.64 Å². The van der Waals surface area contributed by atoms with Crippen LogP contribution in [0.25, 0.3) is 11.0 Å². The number of nitrogens with zero attached hydrogens (tertiary/aromatic N) is 4. The Morgan fingerprint density at radius 3 is 2.81 bits per heavy atom. The first-order valence-corrected chi connectivity index (χ1v) is 9.13. The maximum atomic E-state index is 12.1. The molecule has 0 N–H and O–H groups in total. The van der Waals surface area contributed by atoms with Crippen molar-refractivity contribution in [3.05, 3.63) is 51.8 Å². The van der Waals surface area contributed by atoms with Crippen LogP contribution in [0.1, 0.15) is 22.1 Å². The summed E-state index contributed by atoms with van der Waals surface area (Å²) in [6.45, 7) is 1.46. The van der Waals surface area contributed by atoms with Crippen molar-refractivity contribution < 1.29 is 9.53 Å². The molecule has 0 spiro atoms. The molecule has 0 saturated carbocycles. The molecule has 0 fully saturated rings. The van der Waals surface area contributed by atoms with Crippen LogP contribution in [0, 0.1) is 11.3 Å². The average Bonchev–Trinajstić information content (AvgIpc) is 3.15. The highest BCUT2D eigenvalue weighted by atomic mass is 32.1. The minimum absolute atomic E-state index is 0.358. The number of anilines is 1. The number of nitriles is 1. The van der Waals surface area contributed by atoms with Crippen LogP contribution in [0.3, 0.4) is 0 Å². The van der Waals surface area contributed by atoms with E-state index in [4.69, 9.17) is 9.72 Å². The Morgan fingerprint density at radius 1 is 1.31 bits per heavy atom. The molecule has 2 aromatic heterocycles. The van der Waals surface area contributed by atoms with E-state index in [9.17, 15) is 10.1 Å². The van der Waals surface area contributed by atoms with Gasteiger partial charge in [-0.05, 0) is 35.6 Å². The van der Waals surface area contributed by atoms with Crippen LogP contribution in [0.15, 0.2) is 35.7 Å². The van der Waals surface area contributed by atoms with Crippen molar-refractivity contribution in [2.45, 2.75) is 18.9 Å². The fraction of sp³-hybridized carbons (Fsp3) is 0.263. The summed E-state index contributed by atoms with van der Waals surface area (Å²) >= 11 is 1.76. The lowest BCUT2D eigenvalue weighted by Crippen LogP contribution is -2.32. The van der Waals surface area contributed by atoms with Crippen molar-refractivity contribution in [2.75, 3.05) is 18.6 Å². The van der Waals surface area contributed by atoms with Crippen LogP contribution in [-0.4, -0.2) is 29.6 Å². The van der Waals surface area contributed by atoms with Gasteiger partial charge in [-0.25, -0.2) is 9.97 Å². The molecule has 0 radical (unpaired) electrons. The van der Waals surface area contributed by atoms with E-state index in [1.165, 1.54) is 17.6 Å². The summed E-state index contributed by atoms with van der Waals surface area (Å²) in [5.74, 6) is -1.14. The van der Waals surface area contributed by atoms with Crippen molar-refractivity contribution in [3.63, 3.8) is 0 Å². The molecule has 7 heteroatoms. The number of methoxy groups -OCH3 is 1. The summed E-state index contributed by atoms with van der Waals surface area (Å²) in [6.07, 6.45) is 0.913. The largest absolute Gasteiger partial charge is 0.468 e. The molecular weight excluding hydrogens is 348 g/mol. The zero-order valence-corrected chi connectivity index (χ0v) is 15.0. The molecule has 1 aliphatic heterocycles. The monoisotopic (exact) mass is 364 g/mol. The maximum Gasteiger partial charge on any atom is 0.329 e. The lowest BCUT2D eigenvalue weighted by molar-refractivity contribution is -0.141. The molecular formula is C19H16N4O2S. The molecule has 0 saturated heterocycles. The Balaban J connectivity index is 1.85. The normalized spacial score (nSPS) is 14.5. The van der Waals surface area contributed by atoms with Gasteiger partial charge in [-0.15, -0.1) is 11.3 Å². The summed E-state index contributed by atoms with van der Waals surface area (Å²) in [5.41, 5.74) is 3.01. The van der Waals surface area contributed by atoms with Gasteiger partial charge in [-0.1, -0.05) is 12.1 Å². The number of hydrogen-bond acceptors (Lipinski definition) is 7. The van der Waals surface area contributed by atoms with Gasteiger partial charge in [-0.3, -0.25) is 4.79 Å². The predicted molar refractivity (Wildman–Crippen MR) is 99.0 cm³/mol. The highest BCUT2D eigenvalue weighted by Gasteiger charge is 2.30. The SMILES string of the molecule is COC(=O)C(C#N)c1nc2ccccc2nc1N1CCc2sccc2C1. The van der Waals surface area contributed by atoms with Crippen LogP contribution >= 0.6 is 11.3 Å². The quantitative estimate of drug-likeness (QED) is 0.665. The third-order valence-corrected chi connectivity index (χ3v) is 5.55. The first kappa shape index (κ1) is 16.5. The molecule has 6 nitrogen and oxygen atoms in total. The van der Waals surface area contributed by atoms with Crippen molar-refractivity contribution >= 4 is 34.2 Å². The van der Waals surface area contributed by atoms with Crippen LogP contribution < -0.4 is 4.90 Å². The Hall–Kier alpha value is -2.98. The maximum absolute atomic E-state index is 12.1. The van der Waals surface area contributed by atoms with Gasteiger partial charge in [-0.2, -0.15) is 5.26 Å². The predicted octanol–water partition coefficient (Wildman–Crippen LogP) is 3.03. The van der Waals surface area contributed by atoms with Crippen molar-refractivity contribution in [3.8, 4) is 6.07 Å². The molecule has 0 bridgehead atoms. The highest BCUT2D eigenvalue weighted by Crippen LogP contribution is 2.32. The first-order chi connectivity index (χ1) is 12.7. The van der Waals surface area contributed by atoms with Crippen molar-refractivity contribution in [1.82, 2.24) is 9.97 Å². The zero-order chi connectivity index (χ0) is 18.1. The van der Waals surface area contributed by atoms with Gasteiger partial charge in [0.05, 0.1) is 24.2 Å². The standard InChI is InChI=1S/C19H16N4O2S/c1-25-19(24)13(10-20)17-18(22-15-5-3-2-4-14(15)21-17)23-8-6-16-12(11-23)7-9-26-16/h2-5,7,9,13H,6,8,11H2,1H3. The van der Waals surface area contributed by atoms with Crippen LogP contribution in [0.5, 0.6) is 0 Å². The molecule has 1 aromatic carbocycles. The van der Waals surface area contributed by atoms with E-state index >= 15 is 0 Å². The van der Waals surface area contributed by atoms with E-state index in [2.05, 4.69) is 21.3 Å². The third-order valence-electron chi connectivity index (χ3n) is 4.52. The Labute approximate surface area is 154 Å². The fourth-order valence-electron chi connectivity index (χ4n) is 3.20.